The van der Waals surface area contributed by atoms with Crippen LogP contribution in [-0.4, -0.2) is 15.9 Å². The molecule has 2 aromatic carbocycles. The number of hydrogen-bond acceptors (Lipinski definition) is 2. The van der Waals surface area contributed by atoms with Crippen molar-refractivity contribution < 1.29 is 9.00 Å². The normalized spacial score (nSPS) is 13.4. The molecule has 1 amide bonds. The SMILES string of the molecule is Cc1cccc(CS(=O)CC(=O)NC(C)c2ccccc2)c1. The van der Waals surface area contributed by atoms with Crippen LogP contribution in [0.3, 0.4) is 0 Å². The van der Waals surface area contributed by atoms with Gasteiger partial charge in [0, 0.05) is 16.6 Å². The Bertz CT molecular complexity index is 655. The van der Waals surface area contributed by atoms with Crippen molar-refractivity contribution >= 4 is 16.7 Å². The van der Waals surface area contributed by atoms with Gasteiger partial charge in [0.15, 0.2) is 0 Å². The Hall–Kier alpha value is -1.94. The molecule has 2 unspecified atom stereocenters. The highest BCUT2D eigenvalue weighted by Gasteiger charge is 2.12. The molecule has 4 heteroatoms. The zero-order valence-corrected chi connectivity index (χ0v) is 13.7. The summed E-state index contributed by atoms with van der Waals surface area (Å²) in [7, 11) is -1.19. The van der Waals surface area contributed by atoms with Gasteiger partial charge in [-0.1, -0.05) is 60.2 Å². The fourth-order valence-corrected chi connectivity index (χ4v) is 3.32. The van der Waals surface area contributed by atoms with Gasteiger partial charge in [0.2, 0.25) is 5.91 Å². The van der Waals surface area contributed by atoms with Crippen LogP contribution in [-0.2, 0) is 21.3 Å². The number of amides is 1. The third kappa shape index (κ3) is 5.11. The number of rotatable bonds is 6. The van der Waals surface area contributed by atoms with Crippen molar-refractivity contribution in [1.82, 2.24) is 5.32 Å². The van der Waals surface area contributed by atoms with E-state index in [0.29, 0.717) is 5.75 Å². The molecule has 0 spiro atoms. The molecule has 116 valence electrons. The van der Waals surface area contributed by atoms with Gasteiger partial charge in [-0.2, -0.15) is 0 Å². The van der Waals surface area contributed by atoms with Crippen molar-refractivity contribution in [3.8, 4) is 0 Å². The summed E-state index contributed by atoms with van der Waals surface area (Å²) in [6.07, 6.45) is 0. The van der Waals surface area contributed by atoms with Crippen LogP contribution in [0.15, 0.2) is 54.6 Å². The molecule has 0 aromatic heterocycles. The van der Waals surface area contributed by atoms with Crippen LogP contribution in [0.25, 0.3) is 0 Å². The first-order valence-corrected chi connectivity index (χ1v) is 8.78. The largest absolute Gasteiger partial charge is 0.349 e. The Morgan fingerprint density at radius 1 is 1.14 bits per heavy atom. The molecule has 2 aromatic rings. The van der Waals surface area contributed by atoms with Gasteiger partial charge in [-0.15, -0.1) is 0 Å². The highest BCUT2D eigenvalue weighted by Crippen LogP contribution is 2.11. The van der Waals surface area contributed by atoms with E-state index < -0.39 is 10.8 Å². The predicted octanol–water partition coefficient (Wildman–Crippen LogP) is 3.12. The Morgan fingerprint density at radius 2 is 1.86 bits per heavy atom. The summed E-state index contributed by atoms with van der Waals surface area (Å²) in [6, 6.07) is 17.6. The molecule has 2 atom stereocenters. The quantitative estimate of drug-likeness (QED) is 0.890. The molecule has 0 aliphatic rings. The standard InChI is InChI=1S/C18H21NO2S/c1-14-7-6-8-16(11-14)12-22(21)13-18(20)19-15(2)17-9-4-3-5-10-17/h3-11,15H,12-13H2,1-2H3,(H,19,20). The lowest BCUT2D eigenvalue weighted by Gasteiger charge is -2.14. The highest BCUT2D eigenvalue weighted by atomic mass is 32.2. The number of hydrogen-bond donors (Lipinski definition) is 1. The number of carbonyl (C=O) groups excluding carboxylic acids is 1. The second-order valence-corrected chi connectivity index (χ2v) is 6.87. The first-order chi connectivity index (χ1) is 10.5. The number of benzene rings is 2. The van der Waals surface area contributed by atoms with Gasteiger partial charge < -0.3 is 5.32 Å². The van der Waals surface area contributed by atoms with Crippen molar-refractivity contribution in [2.75, 3.05) is 5.75 Å². The lowest BCUT2D eigenvalue weighted by Crippen LogP contribution is -2.31. The number of nitrogens with one attached hydrogen (secondary N) is 1. The molecule has 0 saturated carbocycles. The van der Waals surface area contributed by atoms with Gasteiger partial charge >= 0.3 is 0 Å². The lowest BCUT2D eigenvalue weighted by atomic mass is 10.1. The maximum absolute atomic E-state index is 12.1. The van der Waals surface area contributed by atoms with Crippen LogP contribution in [0.5, 0.6) is 0 Å². The average Bonchev–Trinajstić information content (AvgIpc) is 2.47. The second-order valence-electron chi connectivity index (χ2n) is 5.42. The first-order valence-electron chi connectivity index (χ1n) is 7.29. The van der Waals surface area contributed by atoms with E-state index in [-0.39, 0.29) is 17.7 Å². The van der Waals surface area contributed by atoms with Crippen molar-refractivity contribution in [1.29, 1.82) is 0 Å². The van der Waals surface area contributed by atoms with E-state index in [1.165, 1.54) is 0 Å². The van der Waals surface area contributed by atoms with Crippen LogP contribution in [0.1, 0.15) is 29.7 Å². The molecule has 3 nitrogen and oxygen atoms in total. The maximum Gasteiger partial charge on any atom is 0.233 e. The minimum atomic E-state index is -1.19. The van der Waals surface area contributed by atoms with Crippen LogP contribution in [0.4, 0.5) is 0 Å². The van der Waals surface area contributed by atoms with E-state index in [9.17, 15) is 9.00 Å². The van der Waals surface area contributed by atoms with Crippen molar-refractivity contribution in [3.05, 3.63) is 71.3 Å². The summed E-state index contributed by atoms with van der Waals surface area (Å²) >= 11 is 0. The summed E-state index contributed by atoms with van der Waals surface area (Å²) in [5.41, 5.74) is 3.18. The number of carbonyl (C=O) groups is 1. The van der Waals surface area contributed by atoms with E-state index >= 15 is 0 Å². The molecule has 0 aliphatic carbocycles. The van der Waals surface area contributed by atoms with Gasteiger partial charge in [-0.25, -0.2) is 0 Å². The Labute approximate surface area is 134 Å². The molecule has 0 heterocycles. The summed E-state index contributed by atoms with van der Waals surface area (Å²) in [5, 5.41) is 2.89. The summed E-state index contributed by atoms with van der Waals surface area (Å²) in [5.74, 6) is 0.266. The maximum atomic E-state index is 12.1. The zero-order valence-electron chi connectivity index (χ0n) is 12.9. The minimum absolute atomic E-state index is 0.0329. The molecular formula is C18H21NO2S. The summed E-state index contributed by atoms with van der Waals surface area (Å²) in [4.78, 5) is 12.0. The summed E-state index contributed by atoms with van der Waals surface area (Å²) < 4.78 is 12.1. The molecule has 0 fully saturated rings. The topological polar surface area (TPSA) is 46.2 Å². The molecule has 0 aliphatic heterocycles. The Kier molecular flexibility index (Phi) is 5.90. The van der Waals surface area contributed by atoms with E-state index in [0.717, 1.165) is 16.7 Å². The third-order valence-corrected chi connectivity index (χ3v) is 4.62. The molecular weight excluding hydrogens is 294 g/mol. The van der Waals surface area contributed by atoms with E-state index in [4.69, 9.17) is 0 Å². The van der Waals surface area contributed by atoms with Crippen molar-refractivity contribution in [2.24, 2.45) is 0 Å². The van der Waals surface area contributed by atoms with Gasteiger partial charge in [-0.3, -0.25) is 9.00 Å². The molecule has 1 N–H and O–H groups in total. The van der Waals surface area contributed by atoms with Crippen molar-refractivity contribution in [3.63, 3.8) is 0 Å². The smallest absolute Gasteiger partial charge is 0.233 e. The third-order valence-electron chi connectivity index (χ3n) is 3.38. The number of aryl methyl sites for hydroxylation is 1. The first kappa shape index (κ1) is 16.4. The predicted molar refractivity (Wildman–Crippen MR) is 90.9 cm³/mol. The average molecular weight is 315 g/mol. The van der Waals surface area contributed by atoms with Crippen LogP contribution in [0.2, 0.25) is 0 Å². The van der Waals surface area contributed by atoms with Gasteiger partial charge in [0.1, 0.15) is 5.75 Å². The van der Waals surface area contributed by atoms with E-state index in [1.807, 2.05) is 68.4 Å². The molecule has 2 rings (SSSR count). The van der Waals surface area contributed by atoms with E-state index in [1.54, 1.807) is 0 Å². The Morgan fingerprint density at radius 3 is 2.55 bits per heavy atom. The van der Waals surface area contributed by atoms with Gasteiger partial charge in [0.05, 0.1) is 6.04 Å². The molecule has 0 saturated heterocycles. The monoisotopic (exact) mass is 315 g/mol. The fourth-order valence-electron chi connectivity index (χ4n) is 2.29. The molecule has 0 bridgehead atoms. The van der Waals surface area contributed by atoms with Crippen molar-refractivity contribution in [2.45, 2.75) is 25.6 Å². The highest BCUT2D eigenvalue weighted by molar-refractivity contribution is 7.84. The molecule has 22 heavy (non-hydrogen) atoms. The molecule has 0 radical (unpaired) electrons. The van der Waals surface area contributed by atoms with Crippen LogP contribution in [0, 0.1) is 6.92 Å². The van der Waals surface area contributed by atoms with Crippen LogP contribution < -0.4 is 5.32 Å². The van der Waals surface area contributed by atoms with Gasteiger partial charge in [-0.05, 0) is 25.0 Å². The minimum Gasteiger partial charge on any atom is -0.349 e. The summed E-state index contributed by atoms with van der Waals surface area (Å²) in [6.45, 7) is 3.93. The Balaban J connectivity index is 1.85. The van der Waals surface area contributed by atoms with Gasteiger partial charge in [0.25, 0.3) is 0 Å². The fraction of sp³-hybridized carbons (Fsp3) is 0.278. The second kappa shape index (κ2) is 7.90. The van der Waals surface area contributed by atoms with Crippen LogP contribution >= 0.6 is 0 Å². The lowest BCUT2D eigenvalue weighted by molar-refractivity contribution is -0.119. The van der Waals surface area contributed by atoms with E-state index in [2.05, 4.69) is 5.32 Å². The zero-order chi connectivity index (χ0) is 15.9.